The summed E-state index contributed by atoms with van der Waals surface area (Å²) in [7, 11) is 0. The minimum Gasteiger partial charge on any atom is -0.396 e. The molecule has 0 amide bonds. The largest absolute Gasteiger partial charge is 0.396 e. The molecule has 0 spiro atoms. The Hall–Kier alpha value is -2.06. The Morgan fingerprint density at radius 3 is 2.71 bits per heavy atom. The SMILES string of the molecule is Cc1nn(-c2nccc(C#N)c2Cl)c(C)c1N. The van der Waals surface area contributed by atoms with Gasteiger partial charge in [0.25, 0.3) is 0 Å². The van der Waals surface area contributed by atoms with Crippen molar-refractivity contribution >= 4 is 17.3 Å². The van der Waals surface area contributed by atoms with Crippen molar-refractivity contribution < 1.29 is 0 Å². The lowest BCUT2D eigenvalue weighted by Crippen LogP contribution is -2.04. The molecule has 0 bridgehead atoms. The number of pyridine rings is 1. The monoisotopic (exact) mass is 247 g/mol. The summed E-state index contributed by atoms with van der Waals surface area (Å²) in [5.41, 5.74) is 8.27. The summed E-state index contributed by atoms with van der Waals surface area (Å²) in [4.78, 5) is 4.13. The van der Waals surface area contributed by atoms with E-state index in [4.69, 9.17) is 22.6 Å². The number of nitriles is 1. The predicted octanol–water partition coefficient (Wildman–Crippen LogP) is 1.99. The fourth-order valence-corrected chi connectivity index (χ4v) is 1.76. The van der Waals surface area contributed by atoms with Crippen LogP contribution in [0, 0.1) is 25.2 Å². The summed E-state index contributed by atoms with van der Waals surface area (Å²) in [6.45, 7) is 3.63. The van der Waals surface area contributed by atoms with Crippen molar-refractivity contribution in [2.75, 3.05) is 5.73 Å². The highest BCUT2D eigenvalue weighted by atomic mass is 35.5. The molecule has 2 rings (SSSR count). The highest BCUT2D eigenvalue weighted by Gasteiger charge is 2.15. The Morgan fingerprint density at radius 1 is 1.47 bits per heavy atom. The van der Waals surface area contributed by atoms with Gasteiger partial charge in [0.15, 0.2) is 5.82 Å². The third kappa shape index (κ3) is 1.73. The highest BCUT2D eigenvalue weighted by Crippen LogP contribution is 2.25. The lowest BCUT2D eigenvalue weighted by molar-refractivity contribution is 0.806. The van der Waals surface area contributed by atoms with Crippen LogP contribution in [0.3, 0.4) is 0 Å². The predicted molar refractivity (Wildman–Crippen MR) is 65.0 cm³/mol. The van der Waals surface area contributed by atoms with Gasteiger partial charge in [0.2, 0.25) is 0 Å². The average Bonchev–Trinajstić information content (AvgIpc) is 2.57. The van der Waals surface area contributed by atoms with Gasteiger partial charge in [-0.3, -0.25) is 0 Å². The van der Waals surface area contributed by atoms with Crippen LogP contribution in [0.4, 0.5) is 5.69 Å². The average molecular weight is 248 g/mol. The lowest BCUT2D eigenvalue weighted by Gasteiger charge is -2.06. The molecule has 0 aliphatic rings. The number of halogens is 1. The molecule has 0 unspecified atom stereocenters. The van der Waals surface area contributed by atoms with Crippen LogP contribution in [0.1, 0.15) is 17.0 Å². The minimum absolute atomic E-state index is 0.278. The lowest BCUT2D eigenvalue weighted by atomic mass is 10.3. The van der Waals surface area contributed by atoms with Gasteiger partial charge in [-0.05, 0) is 19.9 Å². The van der Waals surface area contributed by atoms with Gasteiger partial charge in [-0.25, -0.2) is 9.67 Å². The molecule has 5 nitrogen and oxygen atoms in total. The van der Waals surface area contributed by atoms with Gasteiger partial charge < -0.3 is 5.73 Å². The third-order valence-electron chi connectivity index (χ3n) is 2.54. The van der Waals surface area contributed by atoms with Crippen LogP contribution in [0.15, 0.2) is 12.3 Å². The summed E-state index contributed by atoms with van der Waals surface area (Å²) in [6, 6.07) is 3.56. The number of nitrogen functional groups attached to an aromatic ring is 1. The van der Waals surface area contributed by atoms with Crippen LogP contribution in [0.25, 0.3) is 5.82 Å². The van der Waals surface area contributed by atoms with Gasteiger partial charge in [0.05, 0.1) is 22.6 Å². The molecule has 0 fully saturated rings. The number of rotatable bonds is 1. The summed E-state index contributed by atoms with van der Waals surface area (Å²) in [5.74, 6) is 0.419. The number of hydrogen-bond acceptors (Lipinski definition) is 4. The minimum atomic E-state index is 0.278. The number of aromatic nitrogens is 3. The van der Waals surface area contributed by atoms with Gasteiger partial charge >= 0.3 is 0 Å². The van der Waals surface area contributed by atoms with Gasteiger partial charge in [-0.2, -0.15) is 10.4 Å². The van der Waals surface area contributed by atoms with Crippen LogP contribution in [-0.4, -0.2) is 14.8 Å². The molecule has 86 valence electrons. The molecule has 0 aliphatic carbocycles. The van der Waals surface area contributed by atoms with E-state index in [0.29, 0.717) is 22.8 Å². The summed E-state index contributed by atoms with van der Waals surface area (Å²) < 4.78 is 1.55. The number of hydrogen-bond donors (Lipinski definition) is 1. The first-order chi connectivity index (χ1) is 8.06. The summed E-state index contributed by atoms with van der Waals surface area (Å²) in [6.07, 6.45) is 1.52. The zero-order chi connectivity index (χ0) is 12.6. The fourth-order valence-electron chi connectivity index (χ4n) is 1.53. The molecule has 2 aromatic rings. The van der Waals surface area contributed by atoms with E-state index in [1.165, 1.54) is 6.20 Å². The zero-order valence-electron chi connectivity index (χ0n) is 9.40. The highest BCUT2D eigenvalue weighted by molar-refractivity contribution is 6.33. The third-order valence-corrected chi connectivity index (χ3v) is 2.91. The van der Waals surface area contributed by atoms with Crippen molar-refractivity contribution in [1.29, 1.82) is 5.26 Å². The number of nitrogens with zero attached hydrogens (tertiary/aromatic N) is 4. The Labute approximate surface area is 103 Å². The second kappa shape index (κ2) is 4.07. The fraction of sp³-hybridized carbons (Fsp3) is 0.182. The van der Waals surface area contributed by atoms with E-state index in [-0.39, 0.29) is 5.02 Å². The van der Waals surface area contributed by atoms with E-state index in [2.05, 4.69) is 10.1 Å². The van der Waals surface area contributed by atoms with Crippen LogP contribution < -0.4 is 5.73 Å². The molecule has 17 heavy (non-hydrogen) atoms. The molecule has 2 heterocycles. The molecule has 2 aromatic heterocycles. The van der Waals surface area contributed by atoms with Crippen molar-refractivity contribution in [3.63, 3.8) is 0 Å². The van der Waals surface area contributed by atoms with Crippen LogP contribution in [0.5, 0.6) is 0 Å². The molecular formula is C11H10ClN5. The Balaban J connectivity index is 2.70. The van der Waals surface area contributed by atoms with Crippen molar-refractivity contribution in [3.05, 3.63) is 34.2 Å². The van der Waals surface area contributed by atoms with E-state index >= 15 is 0 Å². The molecule has 0 radical (unpaired) electrons. The zero-order valence-corrected chi connectivity index (χ0v) is 10.2. The smallest absolute Gasteiger partial charge is 0.173 e. The maximum absolute atomic E-state index is 8.90. The van der Waals surface area contributed by atoms with E-state index in [1.54, 1.807) is 17.7 Å². The molecule has 0 saturated carbocycles. The molecule has 0 atom stereocenters. The molecule has 2 N–H and O–H groups in total. The molecule has 6 heteroatoms. The first-order valence-corrected chi connectivity index (χ1v) is 5.30. The van der Waals surface area contributed by atoms with E-state index < -0.39 is 0 Å². The number of nitrogens with two attached hydrogens (primary N) is 1. The Bertz CT molecular complexity index is 624. The van der Waals surface area contributed by atoms with Gasteiger partial charge in [0, 0.05) is 6.20 Å². The topological polar surface area (TPSA) is 80.5 Å². The maximum atomic E-state index is 8.90. The molecule has 0 aliphatic heterocycles. The van der Waals surface area contributed by atoms with Gasteiger partial charge in [0.1, 0.15) is 11.1 Å². The summed E-state index contributed by atoms with van der Waals surface area (Å²) in [5, 5.41) is 13.4. The van der Waals surface area contributed by atoms with Crippen molar-refractivity contribution in [3.8, 4) is 11.9 Å². The molecule has 0 saturated heterocycles. The van der Waals surface area contributed by atoms with Crippen molar-refractivity contribution in [1.82, 2.24) is 14.8 Å². The van der Waals surface area contributed by atoms with Gasteiger partial charge in [-0.1, -0.05) is 11.6 Å². The Morgan fingerprint density at radius 2 is 2.18 bits per heavy atom. The first kappa shape index (κ1) is 11.4. The first-order valence-electron chi connectivity index (χ1n) is 4.93. The molecular weight excluding hydrogens is 238 g/mol. The molecule has 0 aromatic carbocycles. The second-order valence-electron chi connectivity index (χ2n) is 3.60. The summed E-state index contributed by atoms with van der Waals surface area (Å²) >= 11 is 6.09. The van der Waals surface area contributed by atoms with Gasteiger partial charge in [-0.15, -0.1) is 0 Å². The standard InChI is InChI=1S/C11H10ClN5/c1-6-10(14)7(2)17(16-6)11-9(12)8(5-13)3-4-15-11/h3-4H,14H2,1-2H3. The van der Waals surface area contributed by atoms with Crippen LogP contribution >= 0.6 is 11.6 Å². The Kier molecular flexibility index (Phi) is 2.74. The number of aryl methyl sites for hydroxylation is 1. The van der Waals surface area contributed by atoms with Crippen molar-refractivity contribution in [2.24, 2.45) is 0 Å². The van der Waals surface area contributed by atoms with Crippen molar-refractivity contribution in [2.45, 2.75) is 13.8 Å². The van der Waals surface area contributed by atoms with E-state index in [1.807, 2.05) is 13.0 Å². The second-order valence-corrected chi connectivity index (χ2v) is 3.98. The van der Waals surface area contributed by atoms with E-state index in [0.717, 1.165) is 5.69 Å². The van der Waals surface area contributed by atoms with E-state index in [9.17, 15) is 0 Å². The maximum Gasteiger partial charge on any atom is 0.173 e. The number of anilines is 1. The normalized spacial score (nSPS) is 10.2. The quantitative estimate of drug-likeness (QED) is 0.836. The van der Waals surface area contributed by atoms with Crippen LogP contribution in [-0.2, 0) is 0 Å². The van der Waals surface area contributed by atoms with Crippen LogP contribution in [0.2, 0.25) is 5.02 Å².